The maximum Gasteiger partial charge on any atom is 0.173 e. The second-order valence-corrected chi connectivity index (χ2v) is 3.88. The predicted molar refractivity (Wildman–Crippen MR) is 63.9 cm³/mol. The molecule has 0 saturated carbocycles. The van der Waals surface area contributed by atoms with Gasteiger partial charge in [-0.05, 0) is 24.3 Å². The summed E-state index contributed by atoms with van der Waals surface area (Å²) in [5.41, 5.74) is 0.0367. The minimum Gasteiger partial charge on any atom is -0.294 e. The molecule has 2 rings (SSSR count). The average Bonchev–Trinajstić information content (AvgIpc) is 2.39. The lowest BCUT2D eigenvalue weighted by atomic mass is 10.0. The second kappa shape index (κ2) is 5.48. The molecule has 0 unspecified atom stereocenters. The van der Waals surface area contributed by atoms with Gasteiger partial charge in [0.15, 0.2) is 11.6 Å². The molecule has 0 atom stereocenters. The van der Waals surface area contributed by atoms with Crippen LogP contribution in [0.5, 0.6) is 0 Å². The van der Waals surface area contributed by atoms with Crippen molar-refractivity contribution in [1.82, 2.24) is 4.98 Å². The molecular weight excluding hydrogens is 252 g/mol. The summed E-state index contributed by atoms with van der Waals surface area (Å²) >= 11 is 0. The van der Waals surface area contributed by atoms with E-state index in [2.05, 4.69) is 4.98 Å². The van der Waals surface area contributed by atoms with Crippen LogP contribution >= 0.6 is 0 Å². The van der Waals surface area contributed by atoms with Crippen molar-refractivity contribution < 1.29 is 18.4 Å². The van der Waals surface area contributed by atoms with E-state index in [1.54, 1.807) is 0 Å². The maximum atomic E-state index is 13.4. The van der Waals surface area contributed by atoms with Crippen LogP contribution in [0.4, 0.5) is 8.78 Å². The van der Waals surface area contributed by atoms with Gasteiger partial charge < -0.3 is 0 Å². The molecular formula is C14H9F2NO2. The number of pyridine rings is 1. The summed E-state index contributed by atoms with van der Waals surface area (Å²) in [6, 6.07) is 5.57. The first kappa shape index (κ1) is 13.0. The van der Waals surface area contributed by atoms with Gasteiger partial charge in [0, 0.05) is 24.0 Å². The predicted octanol–water partition coefficient (Wildman–Crippen LogP) is 2.82. The molecule has 3 nitrogen and oxygen atoms in total. The fourth-order valence-electron chi connectivity index (χ4n) is 1.60. The molecule has 1 aromatic carbocycles. The molecule has 1 heterocycles. The molecule has 0 bridgehead atoms. The highest BCUT2D eigenvalue weighted by Gasteiger charge is 2.17. The summed E-state index contributed by atoms with van der Waals surface area (Å²) in [6.07, 6.45) is 2.39. The van der Waals surface area contributed by atoms with Gasteiger partial charge in [0.2, 0.25) is 0 Å². The molecule has 0 aliphatic carbocycles. The Morgan fingerprint density at radius 1 is 1.00 bits per heavy atom. The largest absolute Gasteiger partial charge is 0.294 e. The topological polar surface area (TPSA) is 47.0 Å². The number of nitrogens with zero attached hydrogens (tertiary/aromatic N) is 1. The second-order valence-electron chi connectivity index (χ2n) is 3.88. The van der Waals surface area contributed by atoms with Gasteiger partial charge >= 0.3 is 0 Å². The number of Topliss-reactive ketones (excluding diaryl/α,β-unsaturated/α-hetero) is 2. The fourth-order valence-corrected chi connectivity index (χ4v) is 1.60. The molecule has 1 aromatic heterocycles. The fraction of sp³-hybridized carbons (Fsp3) is 0.0714. The van der Waals surface area contributed by atoms with Crippen LogP contribution in [0.2, 0.25) is 0 Å². The van der Waals surface area contributed by atoms with Gasteiger partial charge in [-0.1, -0.05) is 0 Å². The Morgan fingerprint density at radius 3 is 2.32 bits per heavy atom. The van der Waals surface area contributed by atoms with Crippen LogP contribution in [0, 0.1) is 11.6 Å². The van der Waals surface area contributed by atoms with Crippen molar-refractivity contribution in [2.75, 3.05) is 0 Å². The Kier molecular flexibility index (Phi) is 3.75. The Labute approximate surface area is 107 Å². The van der Waals surface area contributed by atoms with Gasteiger partial charge in [0.05, 0.1) is 12.0 Å². The van der Waals surface area contributed by atoms with Crippen molar-refractivity contribution in [3.63, 3.8) is 0 Å². The zero-order valence-electron chi connectivity index (χ0n) is 9.77. The Morgan fingerprint density at radius 2 is 1.68 bits per heavy atom. The van der Waals surface area contributed by atoms with E-state index in [0.717, 1.165) is 12.1 Å². The van der Waals surface area contributed by atoms with Crippen LogP contribution in [0.1, 0.15) is 27.1 Å². The Balaban J connectivity index is 2.15. The van der Waals surface area contributed by atoms with Crippen LogP contribution in [0.15, 0.2) is 42.7 Å². The van der Waals surface area contributed by atoms with Crippen LogP contribution in [0.3, 0.4) is 0 Å². The number of hydrogen-bond acceptors (Lipinski definition) is 3. The van der Waals surface area contributed by atoms with E-state index < -0.39 is 29.6 Å². The molecule has 0 fully saturated rings. The van der Waals surface area contributed by atoms with E-state index in [1.807, 2.05) is 0 Å². The number of aromatic nitrogens is 1. The number of hydrogen-bond donors (Lipinski definition) is 0. The monoisotopic (exact) mass is 261 g/mol. The first-order valence-electron chi connectivity index (χ1n) is 5.49. The summed E-state index contributed by atoms with van der Waals surface area (Å²) in [7, 11) is 0. The number of benzene rings is 1. The van der Waals surface area contributed by atoms with Gasteiger partial charge in [-0.2, -0.15) is 0 Å². The number of ketones is 2. The van der Waals surface area contributed by atoms with Crippen molar-refractivity contribution in [1.29, 1.82) is 0 Å². The van der Waals surface area contributed by atoms with E-state index in [4.69, 9.17) is 0 Å². The van der Waals surface area contributed by atoms with E-state index in [1.165, 1.54) is 24.5 Å². The van der Waals surface area contributed by atoms with Crippen molar-refractivity contribution >= 4 is 11.6 Å². The summed E-state index contributed by atoms with van der Waals surface area (Å²) in [4.78, 5) is 27.3. The lowest BCUT2D eigenvalue weighted by Gasteiger charge is -2.02. The van der Waals surface area contributed by atoms with Crippen LogP contribution < -0.4 is 0 Å². The molecule has 0 saturated heterocycles. The highest BCUT2D eigenvalue weighted by Crippen LogP contribution is 2.13. The molecule has 0 radical (unpaired) electrons. The van der Waals surface area contributed by atoms with Crippen molar-refractivity contribution in [2.24, 2.45) is 0 Å². The smallest absolute Gasteiger partial charge is 0.173 e. The zero-order chi connectivity index (χ0) is 13.8. The summed E-state index contributed by atoms with van der Waals surface area (Å²) in [5.74, 6) is -2.85. The summed E-state index contributed by atoms with van der Waals surface area (Å²) < 4.78 is 26.1. The van der Waals surface area contributed by atoms with Crippen molar-refractivity contribution in [2.45, 2.75) is 6.42 Å². The van der Waals surface area contributed by atoms with Crippen LogP contribution in [-0.4, -0.2) is 16.6 Å². The van der Waals surface area contributed by atoms with E-state index in [0.29, 0.717) is 11.6 Å². The van der Waals surface area contributed by atoms with Gasteiger partial charge in [-0.15, -0.1) is 0 Å². The van der Waals surface area contributed by atoms with Crippen LogP contribution in [-0.2, 0) is 0 Å². The van der Waals surface area contributed by atoms with E-state index in [9.17, 15) is 18.4 Å². The van der Waals surface area contributed by atoms with Crippen molar-refractivity contribution in [3.8, 4) is 0 Å². The van der Waals surface area contributed by atoms with E-state index in [-0.39, 0.29) is 5.56 Å². The molecule has 0 aliphatic rings. The third-order valence-corrected chi connectivity index (χ3v) is 2.55. The summed E-state index contributed by atoms with van der Waals surface area (Å²) in [5, 5.41) is 0. The van der Waals surface area contributed by atoms with Gasteiger partial charge in [-0.3, -0.25) is 14.6 Å². The van der Waals surface area contributed by atoms with Crippen LogP contribution in [0.25, 0.3) is 0 Å². The Hall–Kier alpha value is -2.43. The van der Waals surface area contributed by atoms with Gasteiger partial charge in [-0.25, -0.2) is 8.78 Å². The lowest BCUT2D eigenvalue weighted by molar-refractivity contribution is 0.0892. The minimum absolute atomic E-state index is 0.288. The first-order chi connectivity index (χ1) is 9.08. The molecule has 2 aromatic rings. The molecule has 0 aliphatic heterocycles. The molecule has 19 heavy (non-hydrogen) atoms. The first-order valence-corrected chi connectivity index (χ1v) is 5.49. The number of rotatable bonds is 4. The zero-order valence-corrected chi connectivity index (χ0v) is 9.77. The SMILES string of the molecule is O=C(CC(=O)c1ccc(F)cc1F)c1ccncc1. The normalized spacial score (nSPS) is 10.2. The molecule has 5 heteroatoms. The minimum atomic E-state index is -0.965. The average molecular weight is 261 g/mol. The number of carbonyl (C=O) groups is 2. The lowest BCUT2D eigenvalue weighted by Crippen LogP contribution is -2.10. The standard InChI is InChI=1S/C14H9F2NO2/c15-10-1-2-11(12(16)7-10)14(19)8-13(18)9-3-5-17-6-4-9/h1-7H,8H2. The molecule has 96 valence electrons. The molecule has 0 N–H and O–H groups in total. The number of carbonyl (C=O) groups excluding carboxylic acids is 2. The Bertz CT molecular complexity index is 627. The quantitative estimate of drug-likeness (QED) is 0.628. The molecule has 0 amide bonds. The number of halogens is 2. The summed E-state index contributed by atoms with van der Waals surface area (Å²) in [6.45, 7) is 0. The highest BCUT2D eigenvalue weighted by atomic mass is 19.1. The molecule has 0 spiro atoms. The third kappa shape index (κ3) is 3.07. The highest BCUT2D eigenvalue weighted by molar-refractivity contribution is 6.13. The van der Waals surface area contributed by atoms with Gasteiger partial charge in [0.1, 0.15) is 11.6 Å². The third-order valence-electron chi connectivity index (χ3n) is 2.55. The van der Waals surface area contributed by atoms with E-state index >= 15 is 0 Å². The maximum absolute atomic E-state index is 13.4. The van der Waals surface area contributed by atoms with Crippen molar-refractivity contribution in [3.05, 3.63) is 65.5 Å². The van der Waals surface area contributed by atoms with Gasteiger partial charge in [0.25, 0.3) is 0 Å².